The highest BCUT2D eigenvalue weighted by molar-refractivity contribution is 9.10. The first-order valence-corrected chi connectivity index (χ1v) is 6.72. The van der Waals surface area contributed by atoms with Gasteiger partial charge >= 0.3 is 0 Å². The lowest BCUT2D eigenvalue weighted by molar-refractivity contribution is 0.410. The summed E-state index contributed by atoms with van der Waals surface area (Å²) in [6.45, 7) is 0. The maximum absolute atomic E-state index is 11.0. The highest BCUT2D eigenvalue weighted by Gasteiger charge is 2.16. The lowest BCUT2D eigenvalue weighted by Crippen LogP contribution is -1.95. The number of hydrogen-bond acceptors (Lipinski definition) is 4. The van der Waals surface area contributed by atoms with Gasteiger partial charge in [-0.25, -0.2) is 8.42 Å². The van der Waals surface area contributed by atoms with E-state index in [9.17, 15) is 8.42 Å². The van der Waals surface area contributed by atoms with Crippen molar-refractivity contribution in [3.63, 3.8) is 0 Å². The maximum Gasteiger partial charge on any atom is 0.261 e. The van der Waals surface area contributed by atoms with Gasteiger partial charge in [-0.1, -0.05) is 0 Å². The van der Waals surface area contributed by atoms with Crippen LogP contribution in [0, 0.1) is 11.3 Å². The number of halogens is 2. The van der Waals surface area contributed by atoms with Gasteiger partial charge in [-0.2, -0.15) is 5.26 Å². The Bertz CT molecular complexity index is 536. The summed E-state index contributed by atoms with van der Waals surface area (Å²) in [4.78, 5) is -0.145. The van der Waals surface area contributed by atoms with Crippen LogP contribution in [0.2, 0.25) is 0 Å². The average Bonchev–Trinajstić information content (AvgIpc) is 2.15. The van der Waals surface area contributed by atoms with E-state index in [0.717, 1.165) is 6.07 Å². The first-order valence-electron chi connectivity index (χ1n) is 3.62. The average molecular weight is 311 g/mol. The second kappa shape index (κ2) is 4.39. The largest absolute Gasteiger partial charge is 0.494 e. The summed E-state index contributed by atoms with van der Waals surface area (Å²) in [6.07, 6.45) is 0. The quantitative estimate of drug-likeness (QED) is 0.786. The molecule has 0 saturated heterocycles. The standard InChI is InChI=1S/C8H5BrClNO3S/c1-14-8-5(4-11)2-6(3-7(8)9)15(10,12)13/h2-3H,1H3. The zero-order valence-corrected chi connectivity index (χ0v) is 10.6. The van der Waals surface area contributed by atoms with Crippen molar-refractivity contribution >= 4 is 35.7 Å². The van der Waals surface area contributed by atoms with E-state index in [1.807, 2.05) is 6.07 Å². The number of rotatable bonds is 2. The molecule has 0 aromatic heterocycles. The lowest BCUT2D eigenvalue weighted by atomic mass is 10.2. The Balaban J connectivity index is 3.55. The molecule has 15 heavy (non-hydrogen) atoms. The van der Waals surface area contributed by atoms with Crippen LogP contribution in [0.25, 0.3) is 0 Å². The molecule has 0 heterocycles. The first-order chi connectivity index (χ1) is 6.90. The number of benzene rings is 1. The second-order valence-electron chi connectivity index (χ2n) is 2.54. The van der Waals surface area contributed by atoms with Crippen LogP contribution in [0.5, 0.6) is 5.75 Å². The molecular formula is C8H5BrClNO3S. The van der Waals surface area contributed by atoms with Gasteiger partial charge in [0.15, 0.2) is 5.75 Å². The van der Waals surface area contributed by atoms with E-state index in [4.69, 9.17) is 20.7 Å². The predicted molar refractivity (Wildman–Crippen MR) is 58.4 cm³/mol. The van der Waals surface area contributed by atoms with Gasteiger partial charge in [0, 0.05) is 10.7 Å². The van der Waals surface area contributed by atoms with E-state index >= 15 is 0 Å². The summed E-state index contributed by atoms with van der Waals surface area (Å²) in [7, 11) is 2.69. The van der Waals surface area contributed by atoms with Crippen molar-refractivity contribution in [1.29, 1.82) is 5.26 Å². The van der Waals surface area contributed by atoms with Crippen LogP contribution < -0.4 is 4.74 Å². The number of hydrogen-bond donors (Lipinski definition) is 0. The van der Waals surface area contributed by atoms with Crippen molar-refractivity contribution in [3.05, 3.63) is 22.2 Å². The van der Waals surface area contributed by atoms with E-state index in [2.05, 4.69) is 15.9 Å². The number of nitrogens with zero attached hydrogens (tertiary/aromatic N) is 1. The van der Waals surface area contributed by atoms with Gasteiger partial charge in [0.05, 0.1) is 22.0 Å². The molecule has 7 heteroatoms. The Morgan fingerprint density at radius 2 is 2.13 bits per heavy atom. The molecule has 0 fully saturated rings. The highest BCUT2D eigenvalue weighted by atomic mass is 79.9. The molecule has 0 unspecified atom stereocenters. The van der Waals surface area contributed by atoms with Gasteiger partial charge in [-0.15, -0.1) is 0 Å². The topological polar surface area (TPSA) is 67.2 Å². The minimum atomic E-state index is -3.85. The van der Waals surface area contributed by atoms with E-state index < -0.39 is 9.05 Å². The van der Waals surface area contributed by atoms with Crippen LogP contribution in [0.1, 0.15) is 5.56 Å². The molecule has 0 aliphatic rings. The monoisotopic (exact) mass is 309 g/mol. The molecule has 0 atom stereocenters. The van der Waals surface area contributed by atoms with Crippen LogP contribution in [0.4, 0.5) is 0 Å². The Hall–Kier alpha value is -0.770. The number of nitriles is 1. The third-order valence-corrected chi connectivity index (χ3v) is 3.55. The summed E-state index contributed by atoms with van der Waals surface area (Å²) in [5.41, 5.74) is 0.103. The molecule has 0 N–H and O–H groups in total. The molecule has 4 nitrogen and oxygen atoms in total. The summed E-state index contributed by atoms with van der Waals surface area (Å²) in [6, 6.07) is 4.26. The third kappa shape index (κ3) is 2.62. The minimum absolute atomic E-state index is 0.103. The molecular weight excluding hydrogens is 306 g/mol. The van der Waals surface area contributed by atoms with Crippen LogP contribution in [0.15, 0.2) is 21.5 Å². The van der Waals surface area contributed by atoms with Crippen molar-refractivity contribution in [1.82, 2.24) is 0 Å². The van der Waals surface area contributed by atoms with Gasteiger partial charge in [0.2, 0.25) is 0 Å². The fourth-order valence-electron chi connectivity index (χ4n) is 1.000. The summed E-state index contributed by atoms with van der Waals surface area (Å²) >= 11 is 3.09. The van der Waals surface area contributed by atoms with E-state index in [1.165, 1.54) is 13.2 Å². The summed E-state index contributed by atoms with van der Waals surface area (Å²) in [5, 5.41) is 8.78. The SMILES string of the molecule is COc1c(Br)cc(S(=O)(=O)Cl)cc1C#N. The van der Waals surface area contributed by atoms with Crippen LogP contribution in [-0.2, 0) is 9.05 Å². The Labute approximate surface area is 100.0 Å². The minimum Gasteiger partial charge on any atom is -0.494 e. The molecule has 0 spiro atoms. The molecule has 1 aromatic rings. The number of ether oxygens (including phenoxy) is 1. The zero-order chi connectivity index (χ0) is 11.6. The van der Waals surface area contributed by atoms with Gasteiger partial charge in [-0.3, -0.25) is 0 Å². The molecule has 80 valence electrons. The van der Waals surface area contributed by atoms with Gasteiger partial charge in [-0.05, 0) is 28.1 Å². The lowest BCUT2D eigenvalue weighted by Gasteiger charge is -2.06. The molecule has 1 aromatic carbocycles. The van der Waals surface area contributed by atoms with Crippen LogP contribution in [0.3, 0.4) is 0 Å². The van der Waals surface area contributed by atoms with Crippen molar-refractivity contribution in [2.24, 2.45) is 0 Å². The van der Waals surface area contributed by atoms with E-state index in [-0.39, 0.29) is 16.2 Å². The molecule has 0 aliphatic heterocycles. The zero-order valence-electron chi connectivity index (χ0n) is 7.49. The second-order valence-corrected chi connectivity index (χ2v) is 5.96. The Morgan fingerprint density at radius 1 is 1.53 bits per heavy atom. The fourth-order valence-corrected chi connectivity index (χ4v) is 2.56. The summed E-state index contributed by atoms with van der Waals surface area (Å²) < 4.78 is 27.4. The predicted octanol–water partition coefficient (Wildman–Crippen LogP) is 2.26. The van der Waals surface area contributed by atoms with E-state index in [0.29, 0.717) is 4.47 Å². The summed E-state index contributed by atoms with van der Waals surface area (Å²) in [5.74, 6) is 0.279. The van der Waals surface area contributed by atoms with Crippen LogP contribution >= 0.6 is 26.6 Å². The van der Waals surface area contributed by atoms with E-state index in [1.54, 1.807) is 0 Å². The van der Waals surface area contributed by atoms with Gasteiger partial charge in [0.1, 0.15) is 6.07 Å². The third-order valence-electron chi connectivity index (χ3n) is 1.62. The molecule has 0 amide bonds. The molecule has 1 rings (SSSR count). The maximum atomic E-state index is 11.0. The molecule has 0 saturated carbocycles. The van der Waals surface area contributed by atoms with Crippen molar-refractivity contribution in [3.8, 4) is 11.8 Å². The Morgan fingerprint density at radius 3 is 2.53 bits per heavy atom. The number of methoxy groups -OCH3 is 1. The molecule has 0 aliphatic carbocycles. The molecule has 0 radical (unpaired) electrons. The normalized spacial score (nSPS) is 10.8. The smallest absolute Gasteiger partial charge is 0.261 e. The van der Waals surface area contributed by atoms with Crippen molar-refractivity contribution < 1.29 is 13.2 Å². The fraction of sp³-hybridized carbons (Fsp3) is 0.125. The molecule has 0 bridgehead atoms. The van der Waals surface area contributed by atoms with Gasteiger partial charge in [0.25, 0.3) is 9.05 Å². The highest BCUT2D eigenvalue weighted by Crippen LogP contribution is 2.32. The van der Waals surface area contributed by atoms with Crippen molar-refractivity contribution in [2.45, 2.75) is 4.90 Å². The Kier molecular flexibility index (Phi) is 3.60. The first kappa shape index (κ1) is 12.3. The van der Waals surface area contributed by atoms with Gasteiger partial charge < -0.3 is 4.74 Å². The van der Waals surface area contributed by atoms with Crippen molar-refractivity contribution in [2.75, 3.05) is 7.11 Å². The van der Waals surface area contributed by atoms with Crippen LogP contribution in [-0.4, -0.2) is 15.5 Å².